The molecular formula is C20H21BrN2OS. The van der Waals surface area contributed by atoms with Crippen LogP contribution in [-0.4, -0.2) is 17.4 Å². The predicted octanol–water partition coefficient (Wildman–Crippen LogP) is 4.00. The van der Waals surface area contributed by atoms with Crippen LogP contribution in [0.1, 0.15) is 47.3 Å². The van der Waals surface area contributed by atoms with Crippen molar-refractivity contribution < 1.29 is 9.36 Å². The Morgan fingerprint density at radius 1 is 1.20 bits per heavy atom. The molecule has 0 radical (unpaired) electrons. The summed E-state index contributed by atoms with van der Waals surface area (Å²) >= 11 is 8.91. The van der Waals surface area contributed by atoms with Crippen molar-refractivity contribution in [1.82, 2.24) is 0 Å². The monoisotopic (exact) mass is 416 g/mol. The fourth-order valence-electron chi connectivity index (χ4n) is 3.24. The van der Waals surface area contributed by atoms with E-state index >= 15 is 0 Å². The smallest absolute Gasteiger partial charge is 0.237 e. The summed E-state index contributed by atoms with van der Waals surface area (Å²) in [6.07, 6.45) is 8.68. The van der Waals surface area contributed by atoms with Crippen molar-refractivity contribution in [2.24, 2.45) is 4.99 Å². The number of aromatic nitrogens is 1. The maximum atomic E-state index is 13.2. The van der Waals surface area contributed by atoms with E-state index in [2.05, 4.69) is 33.2 Å². The molecule has 0 amide bonds. The number of hydrogen-bond donors (Lipinski definition) is 0. The molecule has 1 aliphatic carbocycles. The molecule has 130 valence electrons. The summed E-state index contributed by atoms with van der Waals surface area (Å²) in [5.41, 5.74) is 3.35. The number of carbonyl (C=O) groups excluding carboxylic acids is 1. The standard InChI is InChI=1S/C20H21BrN2OS/c1-2-22-20(25)18(19(24)15-7-9-17(21)10-8-15)23-12-11-14-5-3-4-6-16(14)13-23/h7-13,18H,2-6H2,1H3. The van der Waals surface area contributed by atoms with E-state index in [0.29, 0.717) is 17.2 Å². The predicted molar refractivity (Wildman–Crippen MR) is 106 cm³/mol. The Labute approximate surface area is 162 Å². The van der Waals surface area contributed by atoms with Crippen molar-refractivity contribution in [1.29, 1.82) is 0 Å². The summed E-state index contributed by atoms with van der Waals surface area (Å²) in [4.78, 5) is 17.5. The van der Waals surface area contributed by atoms with Crippen LogP contribution >= 0.6 is 15.9 Å². The average molecular weight is 417 g/mol. The number of pyridine rings is 1. The minimum atomic E-state index is -0.566. The fourth-order valence-corrected chi connectivity index (χ4v) is 3.86. The molecule has 0 spiro atoms. The molecule has 1 aromatic heterocycles. The van der Waals surface area contributed by atoms with Crippen molar-refractivity contribution in [3.8, 4) is 0 Å². The largest absolute Gasteiger partial charge is 0.758 e. The lowest BCUT2D eigenvalue weighted by atomic mass is 9.93. The molecule has 3 nitrogen and oxygen atoms in total. The molecule has 1 heterocycles. The van der Waals surface area contributed by atoms with Gasteiger partial charge in [0.15, 0.2) is 12.4 Å². The van der Waals surface area contributed by atoms with Crippen LogP contribution in [-0.2, 0) is 25.5 Å². The van der Waals surface area contributed by atoms with Gasteiger partial charge in [0.05, 0.1) is 0 Å². The zero-order chi connectivity index (χ0) is 17.8. The van der Waals surface area contributed by atoms with E-state index in [-0.39, 0.29) is 5.78 Å². The second-order valence-corrected chi connectivity index (χ2v) is 7.57. The Morgan fingerprint density at radius 2 is 1.88 bits per heavy atom. The zero-order valence-electron chi connectivity index (χ0n) is 14.2. The molecule has 0 bridgehead atoms. The third kappa shape index (κ3) is 4.15. The van der Waals surface area contributed by atoms with Crippen LogP contribution in [0.2, 0.25) is 0 Å². The van der Waals surface area contributed by atoms with Gasteiger partial charge in [-0.05, 0) is 55.3 Å². The van der Waals surface area contributed by atoms with Crippen molar-refractivity contribution in [2.45, 2.75) is 38.6 Å². The van der Waals surface area contributed by atoms with Gasteiger partial charge < -0.3 is 17.6 Å². The number of halogens is 1. The number of ketones is 1. The van der Waals surface area contributed by atoms with Gasteiger partial charge in [0.1, 0.15) is 0 Å². The SMILES string of the molecule is CCN=C([S-])C(C(=O)c1ccc(Br)cc1)[n+]1ccc2c(c1)CCCC2. The highest BCUT2D eigenvalue weighted by atomic mass is 79.9. The van der Waals surface area contributed by atoms with Crippen molar-refractivity contribution >= 4 is 39.4 Å². The van der Waals surface area contributed by atoms with Gasteiger partial charge in [0, 0.05) is 28.2 Å². The van der Waals surface area contributed by atoms with Gasteiger partial charge in [-0.25, -0.2) is 0 Å². The summed E-state index contributed by atoms with van der Waals surface area (Å²) in [6.45, 7) is 2.51. The van der Waals surface area contributed by atoms with Gasteiger partial charge in [0.25, 0.3) is 0 Å². The summed E-state index contributed by atoms with van der Waals surface area (Å²) < 4.78 is 2.89. The van der Waals surface area contributed by atoms with Gasteiger partial charge in [0.2, 0.25) is 11.8 Å². The number of hydrogen-bond acceptors (Lipinski definition) is 3. The second kappa shape index (κ2) is 8.19. The first-order valence-corrected chi connectivity index (χ1v) is 9.84. The Bertz CT molecular complexity index is 802. The molecule has 1 aromatic carbocycles. The van der Waals surface area contributed by atoms with E-state index in [1.807, 2.05) is 42.0 Å². The van der Waals surface area contributed by atoms with Crippen LogP contribution in [0.15, 0.2) is 52.2 Å². The number of carbonyl (C=O) groups is 1. The highest BCUT2D eigenvalue weighted by Crippen LogP contribution is 2.21. The van der Waals surface area contributed by atoms with E-state index in [1.165, 1.54) is 24.0 Å². The quantitative estimate of drug-likeness (QED) is 0.242. The van der Waals surface area contributed by atoms with Crippen LogP contribution in [0, 0.1) is 0 Å². The van der Waals surface area contributed by atoms with Crippen LogP contribution in [0.4, 0.5) is 0 Å². The van der Waals surface area contributed by atoms with Crippen LogP contribution in [0.3, 0.4) is 0 Å². The molecular weight excluding hydrogens is 396 g/mol. The Balaban J connectivity index is 2.01. The summed E-state index contributed by atoms with van der Waals surface area (Å²) in [6, 6.07) is 8.97. The number of fused-ring (bicyclic) bond motifs is 1. The average Bonchev–Trinajstić information content (AvgIpc) is 2.62. The number of rotatable bonds is 5. The maximum absolute atomic E-state index is 13.2. The van der Waals surface area contributed by atoms with Gasteiger partial charge in [-0.1, -0.05) is 28.1 Å². The van der Waals surface area contributed by atoms with E-state index in [4.69, 9.17) is 12.6 Å². The van der Waals surface area contributed by atoms with Crippen molar-refractivity contribution in [3.05, 3.63) is 63.9 Å². The first kappa shape index (κ1) is 18.2. The third-order valence-electron chi connectivity index (χ3n) is 4.53. The molecule has 0 saturated heterocycles. The molecule has 5 heteroatoms. The van der Waals surface area contributed by atoms with E-state index in [0.717, 1.165) is 17.3 Å². The highest BCUT2D eigenvalue weighted by molar-refractivity contribution is 9.10. The molecule has 0 N–H and O–H groups in total. The zero-order valence-corrected chi connectivity index (χ0v) is 16.6. The molecule has 2 aromatic rings. The fraction of sp³-hybridized carbons (Fsp3) is 0.350. The van der Waals surface area contributed by atoms with E-state index in [9.17, 15) is 4.79 Å². The summed E-state index contributed by atoms with van der Waals surface area (Å²) in [5, 5.41) is 0.441. The second-order valence-electron chi connectivity index (χ2n) is 6.24. The molecule has 25 heavy (non-hydrogen) atoms. The van der Waals surface area contributed by atoms with E-state index < -0.39 is 6.04 Å². The summed E-state index contributed by atoms with van der Waals surface area (Å²) in [7, 11) is 0. The number of aliphatic imine (C=N–C) groups is 1. The summed E-state index contributed by atoms with van der Waals surface area (Å²) in [5.74, 6) is -0.0181. The third-order valence-corrected chi connectivity index (χ3v) is 5.41. The molecule has 0 saturated carbocycles. The van der Waals surface area contributed by atoms with Crippen molar-refractivity contribution in [2.75, 3.05) is 6.54 Å². The maximum Gasteiger partial charge on any atom is 0.237 e. The Hall–Kier alpha value is -1.59. The molecule has 0 aliphatic heterocycles. The molecule has 1 unspecified atom stereocenters. The molecule has 0 fully saturated rings. The van der Waals surface area contributed by atoms with E-state index in [1.54, 1.807) is 0 Å². The molecule has 3 rings (SSSR count). The lowest BCUT2D eigenvalue weighted by molar-refractivity contribution is -0.692. The first-order chi connectivity index (χ1) is 12.1. The van der Waals surface area contributed by atoms with Gasteiger partial charge >= 0.3 is 0 Å². The molecule has 1 aliphatic rings. The minimum absolute atomic E-state index is 0.0181. The van der Waals surface area contributed by atoms with Crippen LogP contribution < -0.4 is 4.57 Å². The highest BCUT2D eigenvalue weighted by Gasteiger charge is 2.29. The van der Waals surface area contributed by atoms with Gasteiger partial charge in [-0.3, -0.25) is 4.79 Å². The Morgan fingerprint density at radius 3 is 2.56 bits per heavy atom. The number of benzene rings is 1. The van der Waals surface area contributed by atoms with Crippen LogP contribution in [0.25, 0.3) is 0 Å². The normalized spacial score (nSPS) is 15.5. The lowest BCUT2D eigenvalue weighted by Crippen LogP contribution is -2.48. The van der Waals surface area contributed by atoms with Crippen molar-refractivity contribution in [3.63, 3.8) is 0 Å². The first-order valence-electron chi connectivity index (χ1n) is 8.64. The minimum Gasteiger partial charge on any atom is -0.758 e. The topological polar surface area (TPSA) is 33.3 Å². The Kier molecular flexibility index (Phi) is 5.97. The van der Waals surface area contributed by atoms with Gasteiger partial charge in [-0.15, -0.1) is 0 Å². The number of aryl methyl sites for hydroxylation is 2. The molecule has 1 atom stereocenters. The lowest BCUT2D eigenvalue weighted by Gasteiger charge is -2.20. The van der Waals surface area contributed by atoms with Crippen LogP contribution in [0.5, 0.6) is 0 Å². The number of nitrogens with zero attached hydrogens (tertiary/aromatic N) is 2. The number of Topliss-reactive ketones (excluding diaryl/α,β-unsaturated/α-hetero) is 1. The van der Waals surface area contributed by atoms with Gasteiger partial charge in [-0.2, -0.15) is 4.57 Å².